The maximum Gasteiger partial charge on any atom is 0.326 e. The van der Waals surface area contributed by atoms with E-state index in [1.807, 2.05) is 27.7 Å². The van der Waals surface area contributed by atoms with Gasteiger partial charge in [-0.2, -0.15) is 0 Å². The summed E-state index contributed by atoms with van der Waals surface area (Å²) in [6.07, 6.45) is 0.364. The Bertz CT molecular complexity index is 454. The predicted octanol–water partition coefficient (Wildman–Crippen LogP) is 1.16. The molecular weight excluding hydrogens is 248 g/mol. The number of nitrogens with zero attached hydrogens (tertiary/aromatic N) is 2. The zero-order valence-corrected chi connectivity index (χ0v) is 11.6. The summed E-state index contributed by atoms with van der Waals surface area (Å²) in [5.41, 5.74) is 0. The van der Waals surface area contributed by atoms with Crippen molar-refractivity contribution < 1.29 is 14.7 Å². The quantitative estimate of drug-likeness (QED) is 0.717. The van der Waals surface area contributed by atoms with Crippen LogP contribution in [0.1, 0.15) is 56.5 Å². The molecule has 3 N–H and O–H groups in total. The van der Waals surface area contributed by atoms with Gasteiger partial charge < -0.3 is 10.4 Å². The van der Waals surface area contributed by atoms with Crippen LogP contribution < -0.4 is 5.32 Å². The topological polar surface area (TPSA) is 108 Å². The second kappa shape index (κ2) is 6.31. The zero-order chi connectivity index (χ0) is 14.6. The van der Waals surface area contributed by atoms with Gasteiger partial charge in [0, 0.05) is 5.92 Å². The molecule has 7 nitrogen and oxygen atoms in total. The highest BCUT2D eigenvalue weighted by molar-refractivity contribution is 5.93. The molecule has 0 unspecified atom stereocenters. The molecule has 1 aromatic rings. The monoisotopic (exact) mass is 268 g/mol. The van der Waals surface area contributed by atoms with E-state index in [4.69, 9.17) is 5.11 Å². The summed E-state index contributed by atoms with van der Waals surface area (Å²) >= 11 is 0. The van der Waals surface area contributed by atoms with Gasteiger partial charge in [0.05, 0.1) is 0 Å². The van der Waals surface area contributed by atoms with Crippen molar-refractivity contribution in [2.45, 2.75) is 46.1 Å². The molecule has 1 heterocycles. The van der Waals surface area contributed by atoms with Crippen LogP contribution in [0.3, 0.4) is 0 Å². The van der Waals surface area contributed by atoms with Crippen LogP contribution in [0, 0.1) is 5.92 Å². The lowest BCUT2D eigenvalue weighted by molar-refractivity contribution is -0.139. The molecule has 0 saturated carbocycles. The molecule has 0 aliphatic carbocycles. The van der Waals surface area contributed by atoms with E-state index < -0.39 is 17.9 Å². The first-order valence-corrected chi connectivity index (χ1v) is 6.27. The molecule has 0 bridgehead atoms. The van der Waals surface area contributed by atoms with Gasteiger partial charge in [-0.15, -0.1) is 5.10 Å². The Balaban J connectivity index is 2.73. The molecule has 1 atom stereocenters. The molecule has 0 radical (unpaired) electrons. The average Bonchev–Trinajstić information content (AvgIpc) is 2.76. The molecule has 106 valence electrons. The molecule has 0 aliphatic heterocycles. The van der Waals surface area contributed by atoms with E-state index in [2.05, 4.69) is 20.5 Å². The molecule has 0 spiro atoms. The fourth-order valence-electron chi connectivity index (χ4n) is 1.55. The van der Waals surface area contributed by atoms with Gasteiger partial charge >= 0.3 is 5.97 Å². The van der Waals surface area contributed by atoms with Crippen molar-refractivity contribution in [3.63, 3.8) is 0 Å². The Labute approximate surface area is 111 Å². The Kier molecular flexibility index (Phi) is 5.02. The molecule has 1 amide bonds. The van der Waals surface area contributed by atoms with Crippen LogP contribution in [0.25, 0.3) is 0 Å². The number of nitrogens with one attached hydrogen (secondary N) is 2. The maximum atomic E-state index is 11.9. The number of carboxylic acids is 1. The maximum absolute atomic E-state index is 11.9. The molecule has 19 heavy (non-hydrogen) atoms. The summed E-state index contributed by atoms with van der Waals surface area (Å²) < 4.78 is 0. The van der Waals surface area contributed by atoms with E-state index in [0.29, 0.717) is 12.2 Å². The predicted molar refractivity (Wildman–Crippen MR) is 68.8 cm³/mol. The highest BCUT2D eigenvalue weighted by Gasteiger charge is 2.23. The first kappa shape index (κ1) is 15.1. The number of hydrogen-bond acceptors (Lipinski definition) is 4. The summed E-state index contributed by atoms with van der Waals surface area (Å²) in [4.78, 5) is 26.9. The minimum atomic E-state index is -1.05. The molecule has 0 fully saturated rings. The van der Waals surface area contributed by atoms with Crippen LogP contribution in [0.5, 0.6) is 0 Å². The number of hydrogen-bond donors (Lipinski definition) is 3. The van der Waals surface area contributed by atoms with Gasteiger partial charge in [-0.05, 0) is 12.3 Å². The van der Waals surface area contributed by atoms with Gasteiger partial charge in [-0.1, -0.05) is 27.7 Å². The minimum Gasteiger partial charge on any atom is -0.480 e. The van der Waals surface area contributed by atoms with Crippen molar-refractivity contribution in [3.05, 3.63) is 11.6 Å². The van der Waals surface area contributed by atoms with Crippen molar-refractivity contribution >= 4 is 11.9 Å². The highest BCUT2D eigenvalue weighted by Crippen LogP contribution is 2.09. The Morgan fingerprint density at radius 3 is 2.37 bits per heavy atom. The SMILES string of the molecule is CC(C)C[C@@H](NC(=O)c1n[nH]c(C(C)C)n1)C(=O)O. The third-order valence-corrected chi connectivity index (χ3v) is 2.56. The van der Waals surface area contributed by atoms with Crippen LogP contribution >= 0.6 is 0 Å². The van der Waals surface area contributed by atoms with Crippen LogP contribution in [-0.4, -0.2) is 38.2 Å². The lowest BCUT2D eigenvalue weighted by Crippen LogP contribution is -2.42. The molecular formula is C12H20N4O3. The lowest BCUT2D eigenvalue weighted by atomic mass is 10.0. The van der Waals surface area contributed by atoms with Gasteiger partial charge in [-0.25, -0.2) is 9.78 Å². The highest BCUT2D eigenvalue weighted by atomic mass is 16.4. The second-order valence-electron chi connectivity index (χ2n) is 5.19. The fourth-order valence-corrected chi connectivity index (χ4v) is 1.55. The summed E-state index contributed by atoms with van der Waals surface area (Å²) in [5, 5.41) is 17.9. The average molecular weight is 268 g/mol. The van der Waals surface area contributed by atoms with Crippen LogP contribution in [0.4, 0.5) is 0 Å². The van der Waals surface area contributed by atoms with Gasteiger partial charge in [0.15, 0.2) is 0 Å². The Morgan fingerprint density at radius 2 is 1.95 bits per heavy atom. The second-order valence-corrected chi connectivity index (χ2v) is 5.19. The van der Waals surface area contributed by atoms with E-state index in [-0.39, 0.29) is 17.7 Å². The van der Waals surface area contributed by atoms with Crippen molar-refractivity contribution in [2.24, 2.45) is 5.92 Å². The number of aliphatic carboxylic acids is 1. The first-order valence-electron chi connectivity index (χ1n) is 6.27. The smallest absolute Gasteiger partial charge is 0.326 e. The zero-order valence-electron chi connectivity index (χ0n) is 11.6. The molecule has 0 aromatic carbocycles. The number of carboxylic acid groups (broad SMARTS) is 1. The number of aromatic nitrogens is 3. The number of aromatic amines is 1. The van der Waals surface area contributed by atoms with E-state index in [1.165, 1.54) is 0 Å². The number of amides is 1. The molecule has 7 heteroatoms. The van der Waals surface area contributed by atoms with E-state index in [9.17, 15) is 9.59 Å². The molecule has 1 aromatic heterocycles. The molecule has 0 aliphatic rings. The van der Waals surface area contributed by atoms with Crippen molar-refractivity contribution in [1.29, 1.82) is 0 Å². The first-order chi connectivity index (χ1) is 8.81. The van der Waals surface area contributed by atoms with Gasteiger partial charge in [0.1, 0.15) is 11.9 Å². The minimum absolute atomic E-state index is 0.0290. The van der Waals surface area contributed by atoms with Gasteiger partial charge in [-0.3, -0.25) is 9.89 Å². The fraction of sp³-hybridized carbons (Fsp3) is 0.667. The number of H-pyrrole nitrogens is 1. The third kappa shape index (κ3) is 4.35. The van der Waals surface area contributed by atoms with Gasteiger partial charge in [0.2, 0.25) is 5.82 Å². The molecule has 1 rings (SSSR count). The molecule has 0 saturated heterocycles. The van der Waals surface area contributed by atoms with Crippen molar-refractivity contribution in [1.82, 2.24) is 20.5 Å². The Hall–Kier alpha value is -1.92. The Morgan fingerprint density at radius 1 is 1.32 bits per heavy atom. The van der Waals surface area contributed by atoms with Crippen LogP contribution in [0.2, 0.25) is 0 Å². The van der Waals surface area contributed by atoms with E-state index in [1.54, 1.807) is 0 Å². The summed E-state index contributed by atoms with van der Waals surface area (Å²) in [7, 11) is 0. The lowest BCUT2D eigenvalue weighted by Gasteiger charge is -2.15. The van der Waals surface area contributed by atoms with Crippen LogP contribution in [-0.2, 0) is 4.79 Å². The third-order valence-electron chi connectivity index (χ3n) is 2.56. The summed E-state index contributed by atoms with van der Waals surface area (Å²) in [5.74, 6) is -0.766. The summed E-state index contributed by atoms with van der Waals surface area (Å²) in [6.45, 7) is 7.62. The van der Waals surface area contributed by atoms with Gasteiger partial charge in [0.25, 0.3) is 5.91 Å². The van der Waals surface area contributed by atoms with E-state index in [0.717, 1.165) is 0 Å². The van der Waals surface area contributed by atoms with Crippen molar-refractivity contribution in [2.75, 3.05) is 0 Å². The largest absolute Gasteiger partial charge is 0.480 e. The van der Waals surface area contributed by atoms with Crippen molar-refractivity contribution in [3.8, 4) is 0 Å². The standard InChI is InChI=1S/C12H20N4O3/c1-6(2)5-8(12(18)19)13-11(17)10-14-9(7(3)4)15-16-10/h6-8H,5H2,1-4H3,(H,13,17)(H,18,19)(H,14,15,16)/t8-/m1/s1. The number of carbonyl (C=O) groups is 2. The van der Waals surface area contributed by atoms with E-state index >= 15 is 0 Å². The number of carbonyl (C=O) groups excluding carboxylic acids is 1. The normalized spacial score (nSPS) is 12.7. The van der Waals surface area contributed by atoms with Crippen LogP contribution in [0.15, 0.2) is 0 Å². The summed E-state index contributed by atoms with van der Waals surface area (Å²) in [6, 6.07) is -0.923. The number of rotatable bonds is 6.